The summed E-state index contributed by atoms with van der Waals surface area (Å²) in [5.41, 5.74) is 3.10. The van der Waals surface area contributed by atoms with Crippen LogP contribution in [0.15, 0.2) is 36.7 Å². The molecule has 1 aromatic heterocycles. The fourth-order valence-electron chi connectivity index (χ4n) is 3.79. The number of aryl methyl sites for hydroxylation is 1. The van der Waals surface area contributed by atoms with Crippen LogP contribution in [0, 0.1) is 11.8 Å². The summed E-state index contributed by atoms with van der Waals surface area (Å²) in [5, 5.41) is 3.06. The molecule has 2 N–H and O–H groups in total. The van der Waals surface area contributed by atoms with Crippen molar-refractivity contribution in [1.82, 2.24) is 15.3 Å². The summed E-state index contributed by atoms with van der Waals surface area (Å²) in [6, 6.07) is 9.71. The van der Waals surface area contributed by atoms with Gasteiger partial charge in [0, 0.05) is 49.1 Å². The second-order valence-corrected chi connectivity index (χ2v) is 6.92. The van der Waals surface area contributed by atoms with Crippen LogP contribution >= 0.6 is 0 Å². The third kappa shape index (κ3) is 3.29. The molecule has 6 nitrogen and oxygen atoms in total. The zero-order chi connectivity index (χ0) is 17.2. The number of anilines is 1. The molecular weight excluding hydrogens is 316 g/mol. The molecule has 1 fully saturated rings. The Morgan fingerprint density at radius 3 is 2.96 bits per heavy atom. The topological polar surface area (TPSA) is 78.1 Å². The molecule has 130 valence electrons. The van der Waals surface area contributed by atoms with Gasteiger partial charge in [-0.05, 0) is 25.0 Å². The zero-order valence-corrected chi connectivity index (χ0v) is 14.1. The van der Waals surface area contributed by atoms with Crippen LogP contribution in [0.2, 0.25) is 0 Å². The minimum Gasteiger partial charge on any atom is -0.355 e. The van der Waals surface area contributed by atoms with E-state index in [1.807, 2.05) is 35.2 Å². The number of nitrogens with one attached hydrogen (secondary N) is 2. The first-order valence-electron chi connectivity index (χ1n) is 8.85. The number of imidazole rings is 1. The Morgan fingerprint density at radius 1 is 1.28 bits per heavy atom. The average molecular weight is 338 g/mol. The number of hydrogen-bond donors (Lipinski definition) is 2. The number of carbonyl (C=O) groups is 2. The Labute approximate surface area is 146 Å². The van der Waals surface area contributed by atoms with Crippen molar-refractivity contribution in [2.24, 2.45) is 11.8 Å². The van der Waals surface area contributed by atoms with Gasteiger partial charge in [-0.25, -0.2) is 4.98 Å². The van der Waals surface area contributed by atoms with E-state index in [9.17, 15) is 9.59 Å². The summed E-state index contributed by atoms with van der Waals surface area (Å²) in [7, 11) is 0. The number of H-pyrrole nitrogens is 1. The number of benzene rings is 1. The number of nitrogens with zero attached hydrogens (tertiary/aromatic N) is 2. The molecule has 4 rings (SSSR count). The van der Waals surface area contributed by atoms with Gasteiger partial charge in [0.25, 0.3) is 0 Å². The third-order valence-corrected chi connectivity index (χ3v) is 5.20. The highest BCUT2D eigenvalue weighted by Crippen LogP contribution is 2.25. The lowest BCUT2D eigenvalue weighted by molar-refractivity contribution is -0.125. The molecular formula is C19H22N4O2. The van der Waals surface area contributed by atoms with Gasteiger partial charge < -0.3 is 15.2 Å². The van der Waals surface area contributed by atoms with E-state index in [2.05, 4.69) is 15.3 Å². The normalized spacial score (nSPS) is 22.7. The van der Waals surface area contributed by atoms with E-state index in [1.165, 1.54) is 0 Å². The Hall–Kier alpha value is -2.63. The van der Waals surface area contributed by atoms with Crippen molar-refractivity contribution in [1.29, 1.82) is 0 Å². The Morgan fingerprint density at radius 2 is 2.12 bits per heavy atom. The van der Waals surface area contributed by atoms with Crippen LogP contribution in [-0.2, 0) is 22.4 Å². The molecule has 25 heavy (non-hydrogen) atoms. The second-order valence-electron chi connectivity index (χ2n) is 6.92. The number of amides is 2. The van der Waals surface area contributed by atoms with Gasteiger partial charge in [-0.3, -0.25) is 9.59 Å². The minimum atomic E-state index is -0.00437. The van der Waals surface area contributed by atoms with Crippen molar-refractivity contribution in [2.45, 2.75) is 25.7 Å². The summed E-state index contributed by atoms with van der Waals surface area (Å²) in [6.45, 7) is 1.22. The highest BCUT2D eigenvalue weighted by atomic mass is 16.2. The van der Waals surface area contributed by atoms with Gasteiger partial charge in [-0.2, -0.15) is 0 Å². The highest BCUT2D eigenvalue weighted by molar-refractivity contribution is 5.95. The molecule has 0 bridgehead atoms. The molecule has 0 spiro atoms. The molecule has 2 aliphatic rings. The van der Waals surface area contributed by atoms with Crippen molar-refractivity contribution >= 4 is 17.5 Å². The van der Waals surface area contributed by atoms with Gasteiger partial charge in [0.1, 0.15) is 0 Å². The largest absolute Gasteiger partial charge is 0.355 e. The zero-order valence-electron chi connectivity index (χ0n) is 14.1. The maximum absolute atomic E-state index is 12.5. The van der Waals surface area contributed by atoms with Gasteiger partial charge >= 0.3 is 0 Å². The van der Waals surface area contributed by atoms with Crippen molar-refractivity contribution in [2.75, 3.05) is 18.0 Å². The van der Waals surface area contributed by atoms with Gasteiger partial charge in [0.15, 0.2) is 0 Å². The van der Waals surface area contributed by atoms with E-state index < -0.39 is 0 Å². The molecule has 1 saturated heterocycles. The molecule has 1 aromatic carbocycles. The molecule has 1 aliphatic carbocycles. The van der Waals surface area contributed by atoms with Crippen LogP contribution in [-0.4, -0.2) is 34.9 Å². The third-order valence-electron chi connectivity index (χ3n) is 5.20. The predicted molar refractivity (Wildman–Crippen MR) is 94.0 cm³/mol. The molecule has 2 aromatic rings. The summed E-state index contributed by atoms with van der Waals surface area (Å²) >= 11 is 0. The predicted octanol–water partition coefficient (Wildman–Crippen LogP) is 1.68. The van der Waals surface area contributed by atoms with Crippen molar-refractivity contribution in [3.8, 4) is 0 Å². The molecule has 0 radical (unpaired) electrons. The average Bonchev–Trinajstić information content (AvgIpc) is 3.26. The number of aromatic amines is 1. The van der Waals surface area contributed by atoms with E-state index in [0.29, 0.717) is 19.5 Å². The molecule has 2 atom stereocenters. The van der Waals surface area contributed by atoms with E-state index in [-0.39, 0.29) is 23.7 Å². The van der Waals surface area contributed by atoms with Crippen LogP contribution in [0.4, 0.5) is 5.69 Å². The first-order chi connectivity index (χ1) is 12.2. The quantitative estimate of drug-likeness (QED) is 0.890. The van der Waals surface area contributed by atoms with Crippen molar-refractivity contribution in [3.63, 3.8) is 0 Å². The van der Waals surface area contributed by atoms with Gasteiger partial charge in [-0.1, -0.05) is 18.2 Å². The molecule has 2 heterocycles. The van der Waals surface area contributed by atoms with E-state index >= 15 is 0 Å². The van der Waals surface area contributed by atoms with E-state index in [4.69, 9.17) is 0 Å². The van der Waals surface area contributed by atoms with Gasteiger partial charge in [0.2, 0.25) is 11.8 Å². The standard InChI is InChI=1S/C19H22N4O2/c24-18-8-13(11-23(18)15-4-2-1-3-5-15)10-20-19(25)14-6-7-16-17(9-14)22-12-21-16/h1-5,12-14H,6-11H2,(H,20,25)(H,21,22)/t13-,14+/m0/s1. The van der Waals surface area contributed by atoms with E-state index in [1.54, 1.807) is 6.33 Å². The number of hydrogen-bond acceptors (Lipinski definition) is 3. The molecule has 1 aliphatic heterocycles. The van der Waals surface area contributed by atoms with Crippen molar-refractivity contribution < 1.29 is 9.59 Å². The maximum atomic E-state index is 12.5. The number of rotatable bonds is 4. The highest BCUT2D eigenvalue weighted by Gasteiger charge is 2.32. The van der Waals surface area contributed by atoms with Gasteiger partial charge in [-0.15, -0.1) is 0 Å². The van der Waals surface area contributed by atoms with Crippen LogP contribution in [0.25, 0.3) is 0 Å². The Bertz CT molecular complexity index is 771. The molecule has 0 unspecified atom stereocenters. The lowest BCUT2D eigenvalue weighted by Crippen LogP contribution is -2.37. The number of fused-ring (bicyclic) bond motifs is 1. The monoisotopic (exact) mass is 338 g/mol. The summed E-state index contributed by atoms with van der Waals surface area (Å²) in [5.74, 6) is 0.384. The fourth-order valence-corrected chi connectivity index (χ4v) is 3.79. The summed E-state index contributed by atoms with van der Waals surface area (Å²) in [6.07, 6.45) is 4.60. The summed E-state index contributed by atoms with van der Waals surface area (Å²) in [4.78, 5) is 33.9. The SMILES string of the molecule is O=C(NC[C@@H]1CC(=O)N(c2ccccc2)C1)[C@@H]1CCc2nc[nH]c2C1. The van der Waals surface area contributed by atoms with Crippen LogP contribution in [0.1, 0.15) is 24.2 Å². The van der Waals surface area contributed by atoms with Gasteiger partial charge in [0.05, 0.1) is 12.0 Å². The van der Waals surface area contributed by atoms with Crippen LogP contribution in [0.5, 0.6) is 0 Å². The number of carbonyl (C=O) groups excluding carboxylic acids is 2. The maximum Gasteiger partial charge on any atom is 0.227 e. The molecule has 2 amide bonds. The number of para-hydroxylation sites is 1. The molecule has 6 heteroatoms. The lowest BCUT2D eigenvalue weighted by atomic mass is 9.89. The Kier molecular flexibility index (Phi) is 4.26. The first-order valence-corrected chi connectivity index (χ1v) is 8.85. The smallest absolute Gasteiger partial charge is 0.227 e. The van der Waals surface area contributed by atoms with E-state index in [0.717, 1.165) is 36.3 Å². The second kappa shape index (κ2) is 6.70. The summed E-state index contributed by atoms with van der Waals surface area (Å²) < 4.78 is 0. The number of aromatic nitrogens is 2. The molecule has 0 saturated carbocycles. The lowest BCUT2D eigenvalue weighted by Gasteiger charge is -2.21. The van der Waals surface area contributed by atoms with Crippen LogP contribution in [0.3, 0.4) is 0 Å². The Balaban J connectivity index is 1.30. The minimum absolute atomic E-state index is 0.00437. The fraction of sp³-hybridized carbons (Fsp3) is 0.421. The van der Waals surface area contributed by atoms with Crippen LogP contribution < -0.4 is 10.2 Å². The van der Waals surface area contributed by atoms with Crippen molar-refractivity contribution in [3.05, 3.63) is 48.0 Å². The first kappa shape index (κ1) is 15.9.